The normalized spacial score (nSPS) is 18.1. The lowest BCUT2D eigenvalue weighted by Gasteiger charge is -2.38. The van der Waals surface area contributed by atoms with Gasteiger partial charge in [0.2, 0.25) is 0 Å². The fourth-order valence-electron chi connectivity index (χ4n) is 3.59. The molecule has 1 fully saturated rings. The molecule has 23 heavy (non-hydrogen) atoms. The number of benzene rings is 1. The van der Waals surface area contributed by atoms with Crippen LogP contribution in [0.25, 0.3) is 0 Å². The Labute approximate surface area is 139 Å². The number of hydrogen-bond acceptors (Lipinski definition) is 1. The summed E-state index contributed by atoms with van der Waals surface area (Å²) in [6.07, 6.45) is 12.6. The molecule has 0 bridgehead atoms. The molecule has 0 spiro atoms. The first kappa shape index (κ1) is 17.5. The van der Waals surface area contributed by atoms with E-state index in [9.17, 15) is 4.39 Å². The van der Waals surface area contributed by atoms with Crippen LogP contribution >= 0.6 is 0 Å². The summed E-state index contributed by atoms with van der Waals surface area (Å²) in [6.45, 7) is 6.16. The minimum Gasteiger partial charge on any atom is -0.497 e. The van der Waals surface area contributed by atoms with Crippen LogP contribution in [0, 0.1) is 5.82 Å². The Bertz CT molecular complexity index is 592. The van der Waals surface area contributed by atoms with E-state index < -0.39 is 0 Å². The molecule has 1 aliphatic rings. The molecule has 124 valence electrons. The molecule has 1 aliphatic carbocycles. The smallest absolute Gasteiger partial charge is 0.123 e. The Morgan fingerprint density at radius 3 is 2.61 bits per heavy atom. The van der Waals surface area contributed by atoms with E-state index in [1.807, 2.05) is 31.2 Å². The van der Waals surface area contributed by atoms with Crippen LogP contribution in [-0.2, 0) is 10.2 Å². The van der Waals surface area contributed by atoms with E-state index in [4.69, 9.17) is 4.74 Å². The highest BCUT2D eigenvalue weighted by Gasteiger charge is 2.34. The van der Waals surface area contributed by atoms with Crippen LogP contribution in [0.4, 0.5) is 4.39 Å². The molecule has 1 saturated carbocycles. The SMILES string of the molecule is C=C(/C=C\C(=C/C)OC)CC1(c2cccc(F)c2)CCCCC1. The van der Waals surface area contributed by atoms with Crippen LogP contribution < -0.4 is 0 Å². The third-order valence-electron chi connectivity index (χ3n) is 4.82. The van der Waals surface area contributed by atoms with E-state index in [2.05, 4.69) is 12.6 Å². The second kappa shape index (κ2) is 8.14. The van der Waals surface area contributed by atoms with Crippen molar-refractivity contribution in [1.29, 1.82) is 0 Å². The summed E-state index contributed by atoms with van der Waals surface area (Å²) in [5, 5.41) is 0. The van der Waals surface area contributed by atoms with Gasteiger partial charge in [-0.3, -0.25) is 0 Å². The largest absolute Gasteiger partial charge is 0.497 e. The van der Waals surface area contributed by atoms with Crippen LogP contribution in [0.2, 0.25) is 0 Å². The Morgan fingerprint density at radius 2 is 2.00 bits per heavy atom. The lowest BCUT2D eigenvalue weighted by molar-refractivity contribution is 0.290. The Balaban J connectivity index is 2.21. The first-order chi connectivity index (χ1) is 11.1. The maximum atomic E-state index is 13.7. The Kier molecular flexibility index (Phi) is 6.20. The molecule has 0 aliphatic heterocycles. The van der Waals surface area contributed by atoms with Crippen LogP contribution in [0.1, 0.15) is 51.0 Å². The second-order valence-electron chi connectivity index (χ2n) is 6.41. The lowest BCUT2D eigenvalue weighted by atomic mass is 9.66. The zero-order chi connectivity index (χ0) is 16.7. The van der Waals surface area contributed by atoms with Crippen molar-refractivity contribution in [3.63, 3.8) is 0 Å². The van der Waals surface area contributed by atoms with Crippen LogP contribution in [0.15, 0.2) is 60.4 Å². The van der Waals surface area contributed by atoms with Gasteiger partial charge in [0.1, 0.15) is 11.6 Å². The van der Waals surface area contributed by atoms with Gasteiger partial charge in [0, 0.05) is 0 Å². The highest BCUT2D eigenvalue weighted by Crippen LogP contribution is 2.44. The quantitative estimate of drug-likeness (QED) is 0.456. The van der Waals surface area contributed by atoms with Gasteiger partial charge in [0.05, 0.1) is 7.11 Å². The fourth-order valence-corrected chi connectivity index (χ4v) is 3.59. The summed E-state index contributed by atoms with van der Waals surface area (Å²) in [4.78, 5) is 0. The van der Waals surface area contributed by atoms with Gasteiger partial charge in [-0.25, -0.2) is 4.39 Å². The molecular weight excluding hydrogens is 287 g/mol. The van der Waals surface area contributed by atoms with Gasteiger partial charge in [-0.1, -0.05) is 49.6 Å². The number of methoxy groups -OCH3 is 1. The van der Waals surface area contributed by atoms with Gasteiger partial charge >= 0.3 is 0 Å². The van der Waals surface area contributed by atoms with Gasteiger partial charge in [-0.2, -0.15) is 0 Å². The molecular formula is C21H27FO. The molecule has 2 heteroatoms. The van der Waals surface area contributed by atoms with Crippen molar-refractivity contribution in [3.8, 4) is 0 Å². The summed E-state index contributed by atoms with van der Waals surface area (Å²) in [6, 6.07) is 7.11. The van der Waals surface area contributed by atoms with E-state index >= 15 is 0 Å². The molecule has 1 aromatic rings. The van der Waals surface area contributed by atoms with E-state index in [0.717, 1.165) is 36.2 Å². The monoisotopic (exact) mass is 314 g/mol. The molecule has 1 nitrogen and oxygen atoms in total. The summed E-state index contributed by atoms with van der Waals surface area (Å²) in [5.41, 5.74) is 2.20. The molecule has 0 N–H and O–H groups in total. The first-order valence-corrected chi connectivity index (χ1v) is 8.42. The lowest BCUT2D eigenvalue weighted by Crippen LogP contribution is -2.29. The maximum absolute atomic E-state index is 13.7. The van der Waals surface area contributed by atoms with E-state index in [1.165, 1.54) is 25.3 Å². The average molecular weight is 314 g/mol. The number of hydrogen-bond donors (Lipinski definition) is 0. The van der Waals surface area contributed by atoms with Crippen LogP contribution in [0.3, 0.4) is 0 Å². The van der Waals surface area contributed by atoms with Gasteiger partial charge < -0.3 is 4.74 Å². The molecule has 0 aromatic heterocycles. The van der Waals surface area contributed by atoms with Gasteiger partial charge in [0.25, 0.3) is 0 Å². The van der Waals surface area contributed by atoms with E-state index in [1.54, 1.807) is 13.2 Å². The molecule has 0 amide bonds. The average Bonchev–Trinajstić information content (AvgIpc) is 2.56. The fraction of sp³-hybridized carbons (Fsp3) is 0.429. The molecule has 0 atom stereocenters. The molecule has 1 aromatic carbocycles. The summed E-state index contributed by atoms with van der Waals surface area (Å²) in [5.74, 6) is 0.679. The van der Waals surface area contributed by atoms with Crippen molar-refractivity contribution >= 4 is 0 Å². The standard InChI is InChI=1S/C21H27FO/c1-4-20(23-3)12-11-17(2)16-21(13-6-5-7-14-21)18-9-8-10-19(22)15-18/h4,8-12,15H,2,5-7,13-14,16H2,1,3H3/b12-11-,20-4+. The topological polar surface area (TPSA) is 9.23 Å². The van der Waals surface area contributed by atoms with Crippen molar-refractivity contribution in [2.45, 2.75) is 50.9 Å². The van der Waals surface area contributed by atoms with Crippen LogP contribution in [-0.4, -0.2) is 7.11 Å². The molecule has 0 saturated heterocycles. The van der Waals surface area contributed by atoms with Gasteiger partial charge in [0.15, 0.2) is 0 Å². The van der Waals surface area contributed by atoms with Gasteiger partial charge in [-0.15, -0.1) is 0 Å². The second-order valence-corrected chi connectivity index (χ2v) is 6.41. The summed E-state index contributed by atoms with van der Waals surface area (Å²) < 4.78 is 19.0. The Morgan fingerprint density at radius 1 is 1.26 bits per heavy atom. The van der Waals surface area contributed by atoms with Crippen molar-refractivity contribution in [3.05, 3.63) is 71.8 Å². The minimum absolute atomic E-state index is 0.0188. The number of halogens is 1. The summed E-state index contributed by atoms with van der Waals surface area (Å²) >= 11 is 0. The van der Waals surface area contributed by atoms with E-state index in [-0.39, 0.29) is 11.2 Å². The highest BCUT2D eigenvalue weighted by atomic mass is 19.1. The molecule has 0 radical (unpaired) electrons. The van der Waals surface area contributed by atoms with Gasteiger partial charge in [-0.05, 0) is 61.4 Å². The third kappa shape index (κ3) is 4.57. The van der Waals surface area contributed by atoms with Crippen LogP contribution in [0.5, 0.6) is 0 Å². The highest BCUT2D eigenvalue weighted by molar-refractivity contribution is 5.32. The predicted octanol–water partition coefficient (Wildman–Crippen LogP) is 6.08. The molecule has 0 heterocycles. The zero-order valence-corrected chi connectivity index (χ0v) is 14.3. The predicted molar refractivity (Wildman–Crippen MR) is 94.8 cm³/mol. The summed E-state index contributed by atoms with van der Waals surface area (Å²) in [7, 11) is 1.66. The molecule has 2 rings (SSSR count). The number of ether oxygens (including phenoxy) is 1. The molecule has 0 unspecified atom stereocenters. The van der Waals surface area contributed by atoms with Crippen molar-refractivity contribution < 1.29 is 9.13 Å². The van der Waals surface area contributed by atoms with Crippen molar-refractivity contribution in [1.82, 2.24) is 0 Å². The maximum Gasteiger partial charge on any atom is 0.123 e. The minimum atomic E-state index is -0.149. The zero-order valence-electron chi connectivity index (χ0n) is 14.3. The number of rotatable bonds is 6. The first-order valence-electron chi connectivity index (χ1n) is 8.42. The number of allylic oxidation sites excluding steroid dienone is 4. The van der Waals surface area contributed by atoms with Crippen molar-refractivity contribution in [2.24, 2.45) is 0 Å². The van der Waals surface area contributed by atoms with E-state index in [0.29, 0.717) is 0 Å². The Hall–Kier alpha value is -1.83. The third-order valence-corrected chi connectivity index (χ3v) is 4.82. The van der Waals surface area contributed by atoms with Crippen molar-refractivity contribution in [2.75, 3.05) is 7.11 Å².